The summed E-state index contributed by atoms with van der Waals surface area (Å²) < 4.78 is 0. The van der Waals surface area contributed by atoms with Crippen molar-refractivity contribution in [2.24, 2.45) is 4.99 Å². The van der Waals surface area contributed by atoms with Gasteiger partial charge in [0.05, 0.1) is 10.6 Å². The second-order valence-corrected chi connectivity index (χ2v) is 4.88. The van der Waals surface area contributed by atoms with E-state index in [2.05, 4.69) is 9.98 Å². The highest BCUT2D eigenvalue weighted by molar-refractivity contribution is 6.31. The van der Waals surface area contributed by atoms with Crippen molar-refractivity contribution in [3.8, 4) is 5.88 Å². The van der Waals surface area contributed by atoms with Crippen molar-refractivity contribution in [3.05, 3.63) is 60.3 Å². The van der Waals surface area contributed by atoms with Crippen LogP contribution in [0.3, 0.4) is 0 Å². The van der Waals surface area contributed by atoms with E-state index in [1.54, 1.807) is 6.92 Å². The Kier molecular flexibility index (Phi) is 3.17. The summed E-state index contributed by atoms with van der Waals surface area (Å²) in [6.07, 6.45) is 1.33. The number of fused-ring (bicyclic) bond motifs is 1. The molecule has 2 aromatic rings. The van der Waals surface area contributed by atoms with Crippen molar-refractivity contribution in [3.63, 3.8) is 0 Å². The molecule has 1 aromatic heterocycles. The summed E-state index contributed by atoms with van der Waals surface area (Å²) >= 11 is 0. The third-order valence-electron chi connectivity index (χ3n) is 3.41. The second-order valence-electron chi connectivity index (χ2n) is 4.88. The molecular formula is C14H10N4O5. The first-order valence-corrected chi connectivity index (χ1v) is 6.48. The molecule has 0 saturated heterocycles. The van der Waals surface area contributed by atoms with Crippen LogP contribution >= 0.6 is 0 Å². The molecule has 3 N–H and O–H groups in total. The monoisotopic (exact) mass is 314 g/mol. The first-order valence-electron chi connectivity index (χ1n) is 6.48. The molecule has 0 aliphatic carbocycles. The van der Waals surface area contributed by atoms with Gasteiger partial charge in [0.15, 0.2) is 0 Å². The summed E-state index contributed by atoms with van der Waals surface area (Å²) in [6.45, 7) is 1.68. The summed E-state index contributed by atoms with van der Waals surface area (Å²) in [6, 6.07) is 4.19. The van der Waals surface area contributed by atoms with Crippen molar-refractivity contribution in [1.82, 2.24) is 9.97 Å². The molecule has 0 fully saturated rings. The highest BCUT2D eigenvalue weighted by Gasteiger charge is 2.22. The number of H-pyrrole nitrogens is 2. The number of hydrogen-bond acceptors (Lipinski definition) is 6. The lowest BCUT2D eigenvalue weighted by molar-refractivity contribution is -0.384. The van der Waals surface area contributed by atoms with Crippen LogP contribution in [0.15, 0.2) is 32.8 Å². The number of aromatic amines is 2. The van der Waals surface area contributed by atoms with E-state index in [0.29, 0.717) is 22.5 Å². The number of nitro groups is 1. The van der Waals surface area contributed by atoms with Gasteiger partial charge in [0.25, 0.3) is 11.2 Å². The molecule has 116 valence electrons. The fourth-order valence-electron chi connectivity index (χ4n) is 2.33. The molecule has 9 nitrogen and oxygen atoms in total. The molecule has 1 aliphatic heterocycles. The molecule has 0 saturated carbocycles. The van der Waals surface area contributed by atoms with E-state index < -0.39 is 22.1 Å². The van der Waals surface area contributed by atoms with Crippen LogP contribution in [0.25, 0.3) is 11.6 Å². The van der Waals surface area contributed by atoms with E-state index in [1.807, 2.05) is 4.98 Å². The molecular weight excluding hydrogens is 304 g/mol. The molecule has 0 spiro atoms. The predicted molar refractivity (Wildman–Crippen MR) is 83.1 cm³/mol. The molecule has 3 rings (SSSR count). The van der Waals surface area contributed by atoms with Gasteiger partial charge in [0.1, 0.15) is 5.56 Å². The average Bonchev–Trinajstić information content (AvgIpc) is 2.77. The standard InChI is InChI=1S/C14H10N4O5/c1-6-8(5-10-12(19)16-14(21)17-13(10)20)9-4-7(18(22)23)2-3-11(9)15-6/h2-5H,1H3,(H3,16,17,19,20,21)/b8-5+. The van der Waals surface area contributed by atoms with E-state index >= 15 is 0 Å². The lowest BCUT2D eigenvalue weighted by atomic mass is 10.0. The average molecular weight is 314 g/mol. The minimum absolute atomic E-state index is 0.112. The van der Waals surface area contributed by atoms with Gasteiger partial charge in [-0.2, -0.15) is 0 Å². The Labute approximate surface area is 127 Å². The highest BCUT2D eigenvalue weighted by atomic mass is 16.6. The fraction of sp³-hybridized carbons (Fsp3) is 0.0714. The van der Waals surface area contributed by atoms with E-state index in [-0.39, 0.29) is 11.3 Å². The van der Waals surface area contributed by atoms with Crippen LogP contribution in [0.4, 0.5) is 11.4 Å². The number of aromatic hydroxyl groups is 1. The molecule has 0 radical (unpaired) electrons. The summed E-state index contributed by atoms with van der Waals surface area (Å²) in [4.78, 5) is 41.6. The van der Waals surface area contributed by atoms with Gasteiger partial charge >= 0.3 is 5.69 Å². The second kappa shape index (κ2) is 5.05. The first kappa shape index (κ1) is 14.4. The Hall–Kier alpha value is -3.49. The van der Waals surface area contributed by atoms with E-state index in [4.69, 9.17) is 0 Å². The fourth-order valence-corrected chi connectivity index (χ4v) is 2.33. The number of benzene rings is 1. The van der Waals surface area contributed by atoms with Crippen LogP contribution in [0.5, 0.6) is 5.88 Å². The third kappa shape index (κ3) is 2.44. The number of hydrogen-bond donors (Lipinski definition) is 3. The van der Waals surface area contributed by atoms with Crippen molar-refractivity contribution in [1.29, 1.82) is 0 Å². The maximum absolute atomic E-state index is 11.8. The zero-order chi connectivity index (χ0) is 16.7. The molecule has 9 heteroatoms. The SMILES string of the molecule is CC1=Nc2ccc([N+](=O)[O-])cc2/C1=C/c1c(O)[nH]c(=O)[nH]c1=O. The Bertz CT molecular complexity index is 1010. The largest absolute Gasteiger partial charge is 0.494 e. The highest BCUT2D eigenvalue weighted by Crippen LogP contribution is 2.38. The molecule has 0 amide bonds. The lowest BCUT2D eigenvalue weighted by Crippen LogP contribution is -2.23. The minimum atomic E-state index is -0.831. The van der Waals surface area contributed by atoms with E-state index in [9.17, 15) is 24.8 Å². The number of allylic oxidation sites excluding steroid dienone is 1. The van der Waals surface area contributed by atoms with E-state index in [0.717, 1.165) is 0 Å². The minimum Gasteiger partial charge on any atom is -0.494 e. The van der Waals surface area contributed by atoms with Gasteiger partial charge in [-0.05, 0) is 19.1 Å². The van der Waals surface area contributed by atoms with Gasteiger partial charge < -0.3 is 5.11 Å². The third-order valence-corrected chi connectivity index (χ3v) is 3.41. The number of non-ortho nitro benzene ring substituents is 1. The number of nitrogens with one attached hydrogen (secondary N) is 2. The number of aromatic nitrogens is 2. The predicted octanol–water partition coefficient (Wildman–Crippen LogP) is 1.32. The molecule has 1 aromatic carbocycles. The summed E-state index contributed by atoms with van der Waals surface area (Å²) in [7, 11) is 0. The smallest absolute Gasteiger partial charge is 0.328 e. The van der Waals surface area contributed by atoms with Crippen LogP contribution in [0.1, 0.15) is 18.1 Å². The maximum atomic E-state index is 11.8. The molecule has 0 unspecified atom stereocenters. The Morgan fingerprint density at radius 2 is 2.04 bits per heavy atom. The topological polar surface area (TPSA) is 141 Å². The van der Waals surface area contributed by atoms with E-state index in [1.165, 1.54) is 24.3 Å². The van der Waals surface area contributed by atoms with Crippen LogP contribution in [0.2, 0.25) is 0 Å². The molecule has 0 atom stereocenters. The van der Waals surface area contributed by atoms with Gasteiger partial charge in [-0.25, -0.2) is 4.79 Å². The summed E-state index contributed by atoms with van der Waals surface area (Å²) in [5.74, 6) is -0.585. The number of rotatable bonds is 2. The van der Waals surface area contributed by atoms with Gasteiger partial charge in [0.2, 0.25) is 5.88 Å². The van der Waals surface area contributed by atoms with Crippen LogP contribution in [-0.2, 0) is 0 Å². The number of aliphatic imine (C=N–C) groups is 1. The first-order chi connectivity index (χ1) is 10.9. The van der Waals surface area contributed by atoms with Crippen molar-refractivity contribution in [2.75, 3.05) is 0 Å². The zero-order valence-electron chi connectivity index (χ0n) is 11.8. The lowest BCUT2D eigenvalue weighted by Gasteiger charge is -2.03. The summed E-state index contributed by atoms with van der Waals surface area (Å²) in [5.41, 5.74) is 0.115. The van der Waals surface area contributed by atoms with Crippen LogP contribution in [0, 0.1) is 10.1 Å². The van der Waals surface area contributed by atoms with Crippen molar-refractivity contribution < 1.29 is 10.0 Å². The quantitative estimate of drug-likeness (QED) is 0.566. The molecule has 1 aliphatic rings. The van der Waals surface area contributed by atoms with Crippen LogP contribution in [-0.4, -0.2) is 25.7 Å². The maximum Gasteiger partial charge on any atom is 0.328 e. The number of nitrogens with zero attached hydrogens (tertiary/aromatic N) is 2. The number of nitro benzene ring substituents is 1. The zero-order valence-corrected chi connectivity index (χ0v) is 11.8. The summed E-state index contributed by atoms with van der Waals surface area (Å²) in [5, 5.41) is 20.6. The Morgan fingerprint density at radius 3 is 2.70 bits per heavy atom. The normalized spacial score (nSPS) is 14.7. The van der Waals surface area contributed by atoms with Gasteiger partial charge in [-0.1, -0.05) is 0 Å². The molecule has 23 heavy (non-hydrogen) atoms. The van der Waals surface area contributed by atoms with Gasteiger partial charge in [0, 0.05) is 29.0 Å². The molecule has 0 bridgehead atoms. The van der Waals surface area contributed by atoms with Crippen molar-refractivity contribution >= 4 is 28.7 Å². The Balaban J connectivity index is 2.22. The van der Waals surface area contributed by atoms with Gasteiger partial charge in [-0.15, -0.1) is 0 Å². The van der Waals surface area contributed by atoms with Gasteiger partial charge in [-0.3, -0.25) is 29.9 Å². The van der Waals surface area contributed by atoms with Crippen LogP contribution < -0.4 is 11.2 Å². The Morgan fingerprint density at radius 1 is 1.30 bits per heavy atom. The molecule has 2 heterocycles. The van der Waals surface area contributed by atoms with Crippen molar-refractivity contribution in [2.45, 2.75) is 6.92 Å².